The summed E-state index contributed by atoms with van der Waals surface area (Å²) in [6.45, 7) is 5.45. The third-order valence-electron chi connectivity index (χ3n) is 3.48. The minimum atomic E-state index is 0.573. The molecule has 0 unspecified atom stereocenters. The molecule has 0 bridgehead atoms. The molecular formula is C16H24N4OS. The highest BCUT2D eigenvalue weighted by Gasteiger charge is 2.09. The first-order valence-corrected chi connectivity index (χ1v) is 8.15. The van der Waals surface area contributed by atoms with E-state index in [1.807, 2.05) is 12.3 Å². The van der Waals surface area contributed by atoms with Gasteiger partial charge in [0.15, 0.2) is 5.11 Å². The summed E-state index contributed by atoms with van der Waals surface area (Å²) in [4.78, 5) is 2.36. The lowest BCUT2D eigenvalue weighted by molar-refractivity contribution is 0.0389. The van der Waals surface area contributed by atoms with Gasteiger partial charge in [-0.15, -0.1) is 0 Å². The standard InChI is InChI=1S/C16H24N4OS/c22-16(17-9-10-20-11-13-21-14-12-20)19-18-8-4-7-15-5-2-1-3-6-15/h1-3,5-6,8H,4,7,9-14H2,(H2,17,19,22)/b18-8-. The maximum absolute atomic E-state index is 5.32. The van der Waals surface area contributed by atoms with E-state index in [-0.39, 0.29) is 0 Å². The van der Waals surface area contributed by atoms with Crippen molar-refractivity contribution < 1.29 is 4.74 Å². The summed E-state index contributed by atoms with van der Waals surface area (Å²) in [5.41, 5.74) is 4.17. The zero-order valence-corrected chi connectivity index (χ0v) is 13.6. The predicted octanol–water partition coefficient (Wildman–Crippen LogP) is 1.40. The van der Waals surface area contributed by atoms with E-state index in [9.17, 15) is 0 Å². The fourth-order valence-corrected chi connectivity index (χ4v) is 2.39. The van der Waals surface area contributed by atoms with Crippen LogP contribution in [-0.4, -0.2) is 55.6 Å². The number of rotatable bonds is 7. The van der Waals surface area contributed by atoms with Gasteiger partial charge in [-0.2, -0.15) is 5.10 Å². The van der Waals surface area contributed by atoms with E-state index < -0.39 is 0 Å². The molecule has 1 aromatic rings. The van der Waals surface area contributed by atoms with Gasteiger partial charge in [0.25, 0.3) is 0 Å². The van der Waals surface area contributed by atoms with E-state index >= 15 is 0 Å². The van der Waals surface area contributed by atoms with Crippen LogP contribution in [0.2, 0.25) is 0 Å². The number of aryl methyl sites for hydroxylation is 1. The Morgan fingerprint density at radius 1 is 1.27 bits per heavy atom. The van der Waals surface area contributed by atoms with Crippen LogP contribution in [0.25, 0.3) is 0 Å². The Balaban J connectivity index is 1.50. The number of ether oxygens (including phenoxy) is 1. The number of benzene rings is 1. The van der Waals surface area contributed by atoms with Gasteiger partial charge in [0.1, 0.15) is 0 Å². The van der Waals surface area contributed by atoms with E-state index in [2.05, 4.69) is 45.0 Å². The molecule has 1 aliphatic rings. The molecule has 6 heteroatoms. The average molecular weight is 320 g/mol. The quantitative estimate of drug-likeness (QED) is 0.452. The molecule has 1 heterocycles. The number of hydrogen-bond donors (Lipinski definition) is 2. The van der Waals surface area contributed by atoms with Crippen LogP contribution in [0, 0.1) is 0 Å². The molecule has 0 radical (unpaired) electrons. The zero-order valence-electron chi connectivity index (χ0n) is 12.8. The Kier molecular flexibility index (Phi) is 7.87. The summed E-state index contributed by atoms with van der Waals surface area (Å²) in [6, 6.07) is 10.4. The molecule has 0 amide bonds. The fourth-order valence-electron chi connectivity index (χ4n) is 2.24. The molecule has 1 aliphatic heterocycles. The molecule has 1 aromatic carbocycles. The molecule has 0 saturated carbocycles. The minimum Gasteiger partial charge on any atom is -0.379 e. The molecular weight excluding hydrogens is 296 g/mol. The van der Waals surface area contributed by atoms with Gasteiger partial charge in [-0.05, 0) is 30.6 Å². The van der Waals surface area contributed by atoms with Crippen molar-refractivity contribution in [2.45, 2.75) is 12.8 Å². The van der Waals surface area contributed by atoms with E-state index in [1.54, 1.807) is 0 Å². The van der Waals surface area contributed by atoms with Crippen LogP contribution in [0.5, 0.6) is 0 Å². The van der Waals surface area contributed by atoms with Gasteiger partial charge in [0, 0.05) is 32.4 Å². The number of nitrogens with one attached hydrogen (secondary N) is 2. The van der Waals surface area contributed by atoms with Gasteiger partial charge < -0.3 is 10.1 Å². The zero-order chi connectivity index (χ0) is 15.5. The van der Waals surface area contributed by atoms with Gasteiger partial charge in [0.2, 0.25) is 0 Å². The fraction of sp³-hybridized carbons (Fsp3) is 0.500. The molecule has 0 atom stereocenters. The summed E-state index contributed by atoms with van der Waals surface area (Å²) in [5.74, 6) is 0. The minimum absolute atomic E-state index is 0.573. The van der Waals surface area contributed by atoms with Crippen molar-refractivity contribution in [2.24, 2.45) is 5.10 Å². The van der Waals surface area contributed by atoms with Crippen LogP contribution in [0.4, 0.5) is 0 Å². The Hall–Kier alpha value is -1.50. The number of nitrogens with zero attached hydrogens (tertiary/aromatic N) is 2. The molecule has 22 heavy (non-hydrogen) atoms. The molecule has 1 fully saturated rings. The smallest absolute Gasteiger partial charge is 0.186 e. The predicted molar refractivity (Wildman–Crippen MR) is 94.3 cm³/mol. The van der Waals surface area contributed by atoms with Gasteiger partial charge in [0.05, 0.1) is 13.2 Å². The second kappa shape index (κ2) is 10.3. The van der Waals surface area contributed by atoms with Gasteiger partial charge in [-0.3, -0.25) is 10.3 Å². The largest absolute Gasteiger partial charge is 0.379 e. The monoisotopic (exact) mass is 320 g/mol. The van der Waals surface area contributed by atoms with Gasteiger partial charge in [-0.1, -0.05) is 30.3 Å². The molecule has 0 aliphatic carbocycles. The second-order valence-corrected chi connectivity index (χ2v) is 5.57. The highest BCUT2D eigenvalue weighted by atomic mass is 32.1. The van der Waals surface area contributed by atoms with Crippen molar-refractivity contribution >= 4 is 23.5 Å². The number of hydrogen-bond acceptors (Lipinski definition) is 4. The average Bonchev–Trinajstić information content (AvgIpc) is 2.56. The lowest BCUT2D eigenvalue weighted by Gasteiger charge is -2.26. The van der Waals surface area contributed by atoms with E-state index in [0.29, 0.717) is 5.11 Å². The highest BCUT2D eigenvalue weighted by molar-refractivity contribution is 7.80. The van der Waals surface area contributed by atoms with Gasteiger partial charge >= 0.3 is 0 Å². The van der Waals surface area contributed by atoms with Crippen molar-refractivity contribution in [1.29, 1.82) is 0 Å². The van der Waals surface area contributed by atoms with Crippen LogP contribution in [0.1, 0.15) is 12.0 Å². The van der Waals surface area contributed by atoms with Crippen LogP contribution < -0.4 is 10.7 Å². The first-order chi connectivity index (χ1) is 10.8. The van der Waals surface area contributed by atoms with Crippen LogP contribution in [0.15, 0.2) is 35.4 Å². The molecule has 2 N–H and O–H groups in total. The first kappa shape index (κ1) is 16.9. The lowest BCUT2D eigenvalue weighted by Crippen LogP contribution is -2.42. The maximum Gasteiger partial charge on any atom is 0.186 e. The molecule has 0 spiro atoms. The number of hydrazone groups is 1. The second-order valence-electron chi connectivity index (χ2n) is 5.16. The van der Waals surface area contributed by atoms with E-state index in [0.717, 1.165) is 52.2 Å². The van der Waals surface area contributed by atoms with Crippen LogP contribution in [0.3, 0.4) is 0 Å². The molecule has 1 saturated heterocycles. The summed E-state index contributed by atoms with van der Waals surface area (Å²) in [6.07, 6.45) is 3.75. The van der Waals surface area contributed by atoms with Crippen LogP contribution >= 0.6 is 12.2 Å². The summed E-state index contributed by atoms with van der Waals surface area (Å²) >= 11 is 5.18. The van der Waals surface area contributed by atoms with Crippen molar-refractivity contribution in [3.8, 4) is 0 Å². The molecule has 2 rings (SSSR count). The van der Waals surface area contributed by atoms with Crippen LogP contribution in [-0.2, 0) is 11.2 Å². The molecule has 5 nitrogen and oxygen atoms in total. The SMILES string of the molecule is S=C(NCCN1CCOCC1)N/N=C\CCc1ccccc1. The maximum atomic E-state index is 5.32. The van der Waals surface area contributed by atoms with E-state index in [1.165, 1.54) is 5.56 Å². The highest BCUT2D eigenvalue weighted by Crippen LogP contribution is 2.00. The number of morpholine rings is 1. The Labute approximate surface area is 137 Å². The van der Waals surface area contributed by atoms with Crippen molar-refractivity contribution in [3.05, 3.63) is 35.9 Å². The Morgan fingerprint density at radius 2 is 2.05 bits per heavy atom. The van der Waals surface area contributed by atoms with Crippen molar-refractivity contribution in [2.75, 3.05) is 39.4 Å². The third kappa shape index (κ3) is 6.98. The first-order valence-electron chi connectivity index (χ1n) is 7.74. The number of thiocarbonyl (C=S) groups is 1. The van der Waals surface area contributed by atoms with E-state index in [4.69, 9.17) is 17.0 Å². The Bertz CT molecular complexity index is 460. The summed E-state index contributed by atoms with van der Waals surface area (Å²) in [5, 5.41) is 7.88. The normalized spacial score (nSPS) is 15.8. The Morgan fingerprint density at radius 3 is 2.82 bits per heavy atom. The molecule has 120 valence electrons. The third-order valence-corrected chi connectivity index (χ3v) is 3.72. The summed E-state index contributed by atoms with van der Waals surface area (Å²) in [7, 11) is 0. The van der Waals surface area contributed by atoms with Crippen molar-refractivity contribution in [3.63, 3.8) is 0 Å². The van der Waals surface area contributed by atoms with Crippen molar-refractivity contribution in [1.82, 2.24) is 15.6 Å². The molecule has 0 aromatic heterocycles. The summed E-state index contributed by atoms with van der Waals surface area (Å²) < 4.78 is 5.32. The van der Waals surface area contributed by atoms with Gasteiger partial charge in [-0.25, -0.2) is 0 Å². The lowest BCUT2D eigenvalue weighted by atomic mass is 10.1. The topological polar surface area (TPSA) is 48.9 Å².